The van der Waals surface area contributed by atoms with E-state index in [0.717, 1.165) is 30.4 Å². The van der Waals surface area contributed by atoms with Crippen molar-refractivity contribution < 1.29 is 13.2 Å². The van der Waals surface area contributed by atoms with Crippen LogP contribution in [-0.2, 0) is 16.4 Å². The molecule has 4 rings (SSSR count). The normalized spacial score (nSPS) is 14.2. The summed E-state index contributed by atoms with van der Waals surface area (Å²) in [5, 5.41) is 0. The summed E-state index contributed by atoms with van der Waals surface area (Å²) in [5.41, 5.74) is 9.24. The molecule has 0 bridgehead atoms. The van der Waals surface area contributed by atoms with Gasteiger partial charge in [-0.25, -0.2) is 23.1 Å². The largest absolute Gasteiger partial charge is 0.382 e. The van der Waals surface area contributed by atoms with Crippen molar-refractivity contribution in [1.29, 1.82) is 0 Å². The molecule has 0 atom stereocenters. The number of nitrogens with zero attached hydrogens (tertiary/aromatic N) is 2. The number of hydrogen-bond donors (Lipinski definition) is 2. The SMILES string of the molecule is Cc1ccc(-c2cnc(N)c(C(=O)Cc3ccc(S(=O)(=O)NC4CCC4)cc3)n2)cc1. The van der Waals surface area contributed by atoms with Crippen molar-refractivity contribution in [2.24, 2.45) is 0 Å². The number of carbonyl (C=O) groups excluding carboxylic acids is 1. The second-order valence-electron chi connectivity index (χ2n) is 7.85. The lowest BCUT2D eigenvalue weighted by Gasteiger charge is -2.26. The fourth-order valence-electron chi connectivity index (χ4n) is 3.34. The van der Waals surface area contributed by atoms with Crippen molar-refractivity contribution in [3.63, 3.8) is 0 Å². The quantitative estimate of drug-likeness (QED) is 0.549. The maximum Gasteiger partial charge on any atom is 0.240 e. The van der Waals surface area contributed by atoms with Crippen molar-refractivity contribution in [2.45, 2.75) is 43.5 Å². The molecule has 1 aromatic heterocycles. The van der Waals surface area contributed by atoms with E-state index in [1.165, 1.54) is 12.1 Å². The second-order valence-corrected chi connectivity index (χ2v) is 9.56. The Balaban J connectivity index is 1.50. The summed E-state index contributed by atoms with van der Waals surface area (Å²) in [4.78, 5) is 21.6. The van der Waals surface area contributed by atoms with Gasteiger partial charge in [0, 0.05) is 18.0 Å². The lowest BCUT2D eigenvalue weighted by molar-refractivity contribution is 0.0989. The van der Waals surface area contributed by atoms with E-state index in [1.54, 1.807) is 18.3 Å². The van der Waals surface area contributed by atoms with Crippen LogP contribution in [0.5, 0.6) is 0 Å². The van der Waals surface area contributed by atoms with Gasteiger partial charge < -0.3 is 5.73 Å². The van der Waals surface area contributed by atoms with Gasteiger partial charge in [-0.1, -0.05) is 48.4 Å². The molecule has 0 radical (unpaired) electrons. The van der Waals surface area contributed by atoms with Crippen molar-refractivity contribution in [1.82, 2.24) is 14.7 Å². The number of hydrogen-bond acceptors (Lipinski definition) is 6. The standard InChI is InChI=1S/C23H24N4O3S/c1-15-5-9-17(10-6-15)20-14-25-23(24)22(26-20)21(28)13-16-7-11-19(12-8-16)31(29,30)27-18-3-2-4-18/h5-12,14,18,27H,2-4,13H2,1H3,(H2,24,25). The minimum absolute atomic E-state index is 0.0219. The molecule has 1 fully saturated rings. The molecule has 1 heterocycles. The summed E-state index contributed by atoms with van der Waals surface area (Å²) in [5.74, 6) is -0.202. The molecular weight excluding hydrogens is 412 g/mol. The summed E-state index contributed by atoms with van der Waals surface area (Å²) in [6.07, 6.45) is 4.38. The number of nitrogens with one attached hydrogen (secondary N) is 1. The third-order valence-electron chi connectivity index (χ3n) is 5.44. The number of benzene rings is 2. The van der Waals surface area contributed by atoms with Crippen molar-refractivity contribution in [3.05, 3.63) is 71.5 Å². The number of Topliss-reactive ketones (excluding diaryl/α,β-unsaturated/α-hetero) is 1. The Morgan fingerprint density at radius 3 is 2.39 bits per heavy atom. The predicted molar refractivity (Wildman–Crippen MR) is 119 cm³/mol. The molecule has 0 spiro atoms. The lowest BCUT2D eigenvalue weighted by Crippen LogP contribution is -2.39. The molecule has 160 valence electrons. The van der Waals surface area contributed by atoms with E-state index in [-0.39, 0.29) is 34.7 Å². The fraction of sp³-hybridized carbons (Fsp3) is 0.261. The van der Waals surface area contributed by atoms with Crippen LogP contribution < -0.4 is 10.5 Å². The minimum Gasteiger partial charge on any atom is -0.382 e. The molecule has 7 nitrogen and oxygen atoms in total. The first-order chi connectivity index (χ1) is 14.8. The first-order valence-electron chi connectivity index (χ1n) is 10.2. The topological polar surface area (TPSA) is 115 Å². The minimum atomic E-state index is -3.54. The van der Waals surface area contributed by atoms with Gasteiger partial charge in [0.25, 0.3) is 0 Å². The molecule has 0 amide bonds. The smallest absolute Gasteiger partial charge is 0.240 e. The van der Waals surface area contributed by atoms with Crippen LogP contribution in [0.4, 0.5) is 5.82 Å². The van der Waals surface area contributed by atoms with E-state index in [9.17, 15) is 13.2 Å². The Morgan fingerprint density at radius 2 is 1.77 bits per heavy atom. The van der Waals surface area contributed by atoms with Crippen LogP contribution in [0.2, 0.25) is 0 Å². The van der Waals surface area contributed by atoms with Gasteiger partial charge in [0.05, 0.1) is 16.8 Å². The van der Waals surface area contributed by atoms with Gasteiger partial charge in [-0.05, 0) is 37.5 Å². The summed E-state index contributed by atoms with van der Waals surface area (Å²) in [6.45, 7) is 1.99. The van der Waals surface area contributed by atoms with E-state index in [2.05, 4.69) is 14.7 Å². The second kappa shape index (κ2) is 8.56. The zero-order valence-electron chi connectivity index (χ0n) is 17.2. The van der Waals surface area contributed by atoms with Gasteiger partial charge in [-0.3, -0.25) is 4.79 Å². The summed E-state index contributed by atoms with van der Waals surface area (Å²) in [6, 6.07) is 14.1. The van der Waals surface area contributed by atoms with Crippen LogP contribution in [0.25, 0.3) is 11.3 Å². The summed E-state index contributed by atoms with van der Waals surface area (Å²) in [7, 11) is -3.54. The molecule has 1 aliphatic rings. The molecular formula is C23H24N4O3S. The fourth-order valence-corrected chi connectivity index (χ4v) is 4.64. The summed E-state index contributed by atoms with van der Waals surface area (Å²) >= 11 is 0. The average Bonchev–Trinajstić information content (AvgIpc) is 2.72. The van der Waals surface area contributed by atoms with Crippen LogP contribution in [0, 0.1) is 6.92 Å². The Hall–Kier alpha value is -3.10. The highest BCUT2D eigenvalue weighted by Gasteiger charge is 2.24. The highest BCUT2D eigenvalue weighted by molar-refractivity contribution is 7.89. The molecule has 0 aliphatic heterocycles. The van der Waals surface area contributed by atoms with Crippen molar-refractivity contribution >= 4 is 21.6 Å². The van der Waals surface area contributed by atoms with Gasteiger partial charge in [0.1, 0.15) is 5.69 Å². The monoisotopic (exact) mass is 436 g/mol. The van der Waals surface area contributed by atoms with Crippen molar-refractivity contribution in [2.75, 3.05) is 5.73 Å². The Labute approximate surface area is 181 Å². The molecule has 3 N–H and O–H groups in total. The molecule has 2 aromatic carbocycles. The third kappa shape index (κ3) is 4.81. The number of nitrogens with two attached hydrogens (primary N) is 1. The maximum atomic E-state index is 12.8. The zero-order chi connectivity index (χ0) is 22.0. The number of carbonyl (C=O) groups is 1. The van der Waals surface area contributed by atoms with E-state index in [0.29, 0.717) is 11.3 Å². The van der Waals surface area contributed by atoms with E-state index < -0.39 is 10.0 Å². The van der Waals surface area contributed by atoms with Crippen LogP contribution in [0.15, 0.2) is 59.6 Å². The van der Waals surface area contributed by atoms with E-state index in [1.807, 2.05) is 31.2 Å². The van der Waals surface area contributed by atoms with E-state index >= 15 is 0 Å². The highest BCUT2D eigenvalue weighted by atomic mass is 32.2. The number of anilines is 1. The number of nitrogen functional groups attached to an aromatic ring is 1. The van der Waals surface area contributed by atoms with Crippen LogP contribution >= 0.6 is 0 Å². The number of sulfonamides is 1. The molecule has 8 heteroatoms. The lowest BCUT2D eigenvalue weighted by atomic mass is 9.94. The molecule has 0 saturated heterocycles. The van der Waals surface area contributed by atoms with Gasteiger partial charge >= 0.3 is 0 Å². The van der Waals surface area contributed by atoms with Gasteiger partial charge in [0.2, 0.25) is 10.0 Å². The van der Waals surface area contributed by atoms with Gasteiger partial charge in [-0.2, -0.15) is 0 Å². The highest BCUT2D eigenvalue weighted by Crippen LogP contribution is 2.22. The Bertz CT molecular complexity index is 1200. The predicted octanol–water partition coefficient (Wildman–Crippen LogP) is 3.29. The number of aromatic nitrogens is 2. The zero-order valence-corrected chi connectivity index (χ0v) is 18.0. The molecule has 1 aliphatic carbocycles. The van der Waals surface area contributed by atoms with Crippen molar-refractivity contribution in [3.8, 4) is 11.3 Å². The number of ketones is 1. The number of rotatable bonds is 7. The first-order valence-corrected chi connectivity index (χ1v) is 11.6. The average molecular weight is 437 g/mol. The van der Waals surface area contributed by atoms with E-state index in [4.69, 9.17) is 5.73 Å². The van der Waals surface area contributed by atoms with Gasteiger partial charge in [-0.15, -0.1) is 0 Å². The maximum absolute atomic E-state index is 12.8. The Morgan fingerprint density at radius 1 is 1.10 bits per heavy atom. The third-order valence-corrected chi connectivity index (χ3v) is 6.97. The molecule has 0 unspecified atom stereocenters. The summed E-state index contributed by atoms with van der Waals surface area (Å²) < 4.78 is 27.5. The first kappa shape index (κ1) is 21.1. The molecule has 1 saturated carbocycles. The van der Waals surface area contributed by atoms with Crippen LogP contribution in [-0.4, -0.2) is 30.2 Å². The van der Waals surface area contributed by atoms with Gasteiger partial charge in [0.15, 0.2) is 11.6 Å². The molecule has 3 aromatic rings. The molecule has 31 heavy (non-hydrogen) atoms. The van der Waals surface area contributed by atoms with Crippen LogP contribution in [0.1, 0.15) is 40.9 Å². The number of aryl methyl sites for hydroxylation is 1. The van der Waals surface area contributed by atoms with Crippen LogP contribution in [0.3, 0.4) is 0 Å². The Kier molecular flexibility index (Phi) is 5.84.